The highest BCUT2D eigenvalue weighted by atomic mass is 127. The maximum absolute atomic E-state index is 13.6. The zero-order valence-corrected chi connectivity index (χ0v) is 19.8. The van der Waals surface area contributed by atoms with E-state index in [0.29, 0.717) is 30.1 Å². The Bertz CT molecular complexity index is 848. The predicted octanol–water partition coefficient (Wildman–Crippen LogP) is 2.68. The Balaban J connectivity index is 0.00000240. The topological polar surface area (TPSA) is 73.8 Å². The third-order valence-electron chi connectivity index (χ3n) is 5.86. The van der Waals surface area contributed by atoms with Crippen LogP contribution in [0.25, 0.3) is 0 Å². The van der Waals surface area contributed by atoms with E-state index in [-0.39, 0.29) is 65.3 Å². The van der Waals surface area contributed by atoms with Gasteiger partial charge in [0.1, 0.15) is 5.82 Å². The van der Waals surface area contributed by atoms with Gasteiger partial charge in [-0.15, -0.1) is 24.0 Å². The lowest BCUT2D eigenvalue weighted by atomic mass is 9.85. The summed E-state index contributed by atoms with van der Waals surface area (Å²) in [5.74, 6) is 0.269. The molecule has 0 radical (unpaired) electrons. The minimum atomic E-state index is -0.317. The molecule has 1 saturated heterocycles. The zero-order valence-electron chi connectivity index (χ0n) is 15.9. The van der Waals surface area contributed by atoms with Crippen molar-refractivity contribution in [3.8, 4) is 0 Å². The summed E-state index contributed by atoms with van der Waals surface area (Å²) in [5, 5.41) is 6.21. The Morgan fingerprint density at radius 2 is 1.86 bits per heavy atom. The molecule has 2 bridgehead atoms. The van der Waals surface area contributed by atoms with Crippen molar-refractivity contribution in [2.75, 3.05) is 20.1 Å². The maximum atomic E-state index is 13.6. The fourth-order valence-corrected chi connectivity index (χ4v) is 4.77. The lowest BCUT2D eigenvalue weighted by Crippen LogP contribution is -2.43. The molecule has 9 heteroatoms. The molecular weight excluding hydrogens is 554 g/mol. The van der Waals surface area contributed by atoms with E-state index in [1.807, 2.05) is 6.07 Å². The van der Waals surface area contributed by atoms with Gasteiger partial charge >= 0.3 is 0 Å². The van der Waals surface area contributed by atoms with Gasteiger partial charge in [-0.25, -0.2) is 4.39 Å². The molecule has 4 rings (SSSR count). The molecule has 1 aromatic rings. The molecule has 2 amide bonds. The smallest absolute Gasteiger partial charge is 0.233 e. The highest BCUT2D eigenvalue weighted by molar-refractivity contribution is 14.0. The van der Waals surface area contributed by atoms with Crippen molar-refractivity contribution in [2.45, 2.75) is 13.0 Å². The standard InChI is InChI=1S/C20H22BrFN4O2.HI/c1-23-20(25-10-11-2-5-14(21)15(22)8-11)24-6-7-26-18(27)16-12-3-4-13(9-12)17(16)19(26)28;/h2-5,8,12-13,16-17H,6-7,9-10H2,1H3,(H2,23,24,25);1H. The normalized spacial score (nSPS) is 27.3. The first kappa shape index (κ1) is 22.2. The van der Waals surface area contributed by atoms with Crippen molar-refractivity contribution < 1.29 is 14.0 Å². The van der Waals surface area contributed by atoms with E-state index in [2.05, 4.69) is 43.7 Å². The number of aliphatic imine (C=N–C) groups is 1. The summed E-state index contributed by atoms with van der Waals surface area (Å²) in [5.41, 5.74) is 0.782. The Labute approximate surface area is 194 Å². The van der Waals surface area contributed by atoms with Gasteiger partial charge in [-0.1, -0.05) is 18.2 Å². The van der Waals surface area contributed by atoms with Gasteiger partial charge in [-0.05, 0) is 51.9 Å². The van der Waals surface area contributed by atoms with Gasteiger partial charge in [0, 0.05) is 26.7 Å². The van der Waals surface area contributed by atoms with Crippen LogP contribution in [0, 0.1) is 29.5 Å². The minimum absolute atomic E-state index is 0. The van der Waals surface area contributed by atoms with Gasteiger partial charge in [0.05, 0.1) is 16.3 Å². The van der Waals surface area contributed by atoms with Gasteiger partial charge in [0.25, 0.3) is 0 Å². The Kier molecular flexibility index (Phi) is 6.98. The molecule has 2 N–H and O–H groups in total. The molecule has 2 fully saturated rings. The number of guanidine groups is 1. The van der Waals surface area contributed by atoms with Gasteiger partial charge in [0.15, 0.2) is 5.96 Å². The summed E-state index contributed by atoms with van der Waals surface area (Å²) < 4.78 is 14.0. The van der Waals surface area contributed by atoms with Crippen molar-refractivity contribution in [3.63, 3.8) is 0 Å². The second-order valence-electron chi connectivity index (χ2n) is 7.43. The molecule has 0 aromatic heterocycles. The molecule has 6 nitrogen and oxygen atoms in total. The molecule has 0 spiro atoms. The number of fused-ring (bicyclic) bond motifs is 5. The number of benzene rings is 1. The third kappa shape index (κ3) is 4.21. The fraction of sp³-hybridized carbons (Fsp3) is 0.450. The van der Waals surface area contributed by atoms with Gasteiger partial charge < -0.3 is 10.6 Å². The molecule has 156 valence electrons. The summed E-state index contributed by atoms with van der Waals surface area (Å²) in [6.45, 7) is 1.14. The third-order valence-corrected chi connectivity index (χ3v) is 6.50. The number of hydrogen-bond donors (Lipinski definition) is 2. The summed E-state index contributed by atoms with van der Waals surface area (Å²) >= 11 is 3.13. The van der Waals surface area contributed by atoms with Crippen LogP contribution in [0.2, 0.25) is 0 Å². The number of allylic oxidation sites excluding steroid dienone is 2. The van der Waals surface area contributed by atoms with Gasteiger partial charge in [-0.3, -0.25) is 19.5 Å². The SMILES string of the molecule is CN=C(NCCN1C(=O)C2C3C=CC(C3)C2C1=O)NCc1ccc(Br)c(F)c1.I. The number of rotatable bonds is 5. The number of amides is 2. The lowest BCUT2D eigenvalue weighted by Gasteiger charge is -2.18. The number of carbonyl (C=O) groups excluding carboxylic acids is 2. The van der Waals surface area contributed by atoms with Crippen LogP contribution in [-0.2, 0) is 16.1 Å². The number of likely N-dealkylation sites (tertiary alicyclic amines) is 1. The van der Waals surface area contributed by atoms with E-state index in [9.17, 15) is 14.0 Å². The van der Waals surface area contributed by atoms with Crippen molar-refractivity contribution in [3.05, 3.63) is 46.2 Å². The molecule has 1 aliphatic heterocycles. The quantitative estimate of drug-likeness (QED) is 0.186. The molecule has 2 aliphatic carbocycles. The summed E-state index contributed by atoms with van der Waals surface area (Å²) in [4.78, 5) is 30.8. The number of imide groups is 1. The molecule has 1 heterocycles. The second-order valence-corrected chi connectivity index (χ2v) is 8.28. The first-order valence-electron chi connectivity index (χ1n) is 9.41. The predicted molar refractivity (Wildman–Crippen MR) is 122 cm³/mol. The molecule has 1 saturated carbocycles. The lowest BCUT2D eigenvalue weighted by molar-refractivity contribution is -0.140. The van der Waals surface area contributed by atoms with E-state index in [1.165, 1.54) is 11.0 Å². The Hall–Kier alpha value is -1.49. The monoisotopic (exact) mass is 576 g/mol. The number of nitrogens with one attached hydrogen (secondary N) is 2. The van der Waals surface area contributed by atoms with E-state index in [1.54, 1.807) is 13.1 Å². The van der Waals surface area contributed by atoms with Crippen molar-refractivity contribution in [2.24, 2.45) is 28.7 Å². The molecular formula is C20H23BrFIN4O2. The molecule has 3 aliphatic rings. The minimum Gasteiger partial charge on any atom is -0.355 e. The Morgan fingerprint density at radius 3 is 2.45 bits per heavy atom. The summed E-state index contributed by atoms with van der Waals surface area (Å²) in [7, 11) is 1.64. The van der Waals surface area contributed by atoms with Crippen molar-refractivity contribution in [1.82, 2.24) is 15.5 Å². The average Bonchev–Trinajstić information content (AvgIpc) is 3.36. The van der Waals surface area contributed by atoms with Crippen LogP contribution in [-0.4, -0.2) is 42.8 Å². The van der Waals surface area contributed by atoms with Crippen LogP contribution in [0.3, 0.4) is 0 Å². The van der Waals surface area contributed by atoms with Crippen LogP contribution in [0.5, 0.6) is 0 Å². The largest absolute Gasteiger partial charge is 0.355 e. The van der Waals surface area contributed by atoms with Gasteiger partial charge in [-0.2, -0.15) is 0 Å². The summed E-state index contributed by atoms with van der Waals surface area (Å²) in [6, 6.07) is 4.93. The van der Waals surface area contributed by atoms with E-state index >= 15 is 0 Å². The molecule has 4 unspecified atom stereocenters. The Morgan fingerprint density at radius 1 is 1.21 bits per heavy atom. The zero-order chi connectivity index (χ0) is 19.8. The van der Waals surface area contributed by atoms with Gasteiger partial charge in [0.2, 0.25) is 11.8 Å². The fourth-order valence-electron chi connectivity index (χ4n) is 4.53. The van der Waals surface area contributed by atoms with E-state index < -0.39 is 0 Å². The summed E-state index contributed by atoms with van der Waals surface area (Å²) in [6.07, 6.45) is 5.12. The van der Waals surface area contributed by atoms with Crippen LogP contribution >= 0.6 is 39.9 Å². The maximum Gasteiger partial charge on any atom is 0.233 e. The van der Waals surface area contributed by atoms with Crippen molar-refractivity contribution in [1.29, 1.82) is 0 Å². The van der Waals surface area contributed by atoms with E-state index in [4.69, 9.17) is 0 Å². The van der Waals surface area contributed by atoms with Crippen LogP contribution < -0.4 is 10.6 Å². The highest BCUT2D eigenvalue weighted by Crippen LogP contribution is 2.52. The van der Waals surface area contributed by atoms with E-state index in [0.717, 1.165) is 12.0 Å². The average molecular weight is 577 g/mol. The number of carbonyl (C=O) groups is 2. The number of nitrogens with zero attached hydrogens (tertiary/aromatic N) is 2. The highest BCUT2D eigenvalue weighted by Gasteiger charge is 2.58. The second kappa shape index (κ2) is 9.11. The van der Waals surface area contributed by atoms with Crippen molar-refractivity contribution >= 4 is 57.7 Å². The number of hydrogen-bond acceptors (Lipinski definition) is 3. The van der Waals surface area contributed by atoms with Crippen LogP contribution in [0.4, 0.5) is 4.39 Å². The van der Waals surface area contributed by atoms with Crippen LogP contribution in [0.15, 0.2) is 39.8 Å². The first-order chi connectivity index (χ1) is 13.5. The molecule has 29 heavy (non-hydrogen) atoms. The first-order valence-corrected chi connectivity index (χ1v) is 10.2. The molecule has 1 aromatic carbocycles. The number of halogens is 3. The molecule has 4 atom stereocenters. The van der Waals surface area contributed by atoms with Crippen LogP contribution in [0.1, 0.15) is 12.0 Å².